The smallest absolute Gasteiger partial charge is 0.267 e. The Morgan fingerprint density at radius 1 is 0.720 bits per heavy atom. The summed E-state index contributed by atoms with van der Waals surface area (Å²) in [4.78, 5) is 16.8. The minimum atomic E-state index is 0.0268. The van der Waals surface area contributed by atoms with Gasteiger partial charge in [0.1, 0.15) is 9.85 Å². The fourth-order valence-corrected chi connectivity index (χ4v) is 4.01. The monoisotopic (exact) mass is 343 g/mol. The van der Waals surface area contributed by atoms with Gasteiger partial charge in [0.25, 0.3) is 5.91 Å². The predicted octanol–water partition coefficient (Wildman–Crippen LogP) is 4.47. The van der Waals surface area contributed by atoms with E-state index >= 15 is 0 Å². The molecule has 0 radical (unpaired) electrons. The summed E-state index contributed by atoms with van der Waals surface area (Å²) >= 11 is 0. The molecular weight excluding hydrogens is 326 g/mol. The second-order valence-electron chi connectivity index (χ2n) is 5.94. The summed E-state index contributed by atoms with van der Waals surface area (Å²) in [6, 6.07) is 28.0. The van der Waals surface area contributed by atoms with Crippen LogP contribution in [0.3, 0.4) is 0 Å². The van der Waals surface area contributed by atoms with Crippen LogP contribution in [0, 0.1) is 6.92 Å². The van der Waals surface area contributed by atoms with Crippen LogP contribution in [0.25, 0.3) is 0 Å². The molecule has 0 aliphatic carbocycles. The highest BCUT2D eigenvalue weighted by molar-refractivity contribution is 8.01. The summed E-state index contributed by atoms with van der Waals surface area (Å²) in [5.41, 5.74) is 4.08. The third kappa shape index (κ3) is 2.94. The van der Waals surface area contributed by atoms with Crippen molar-refractivity contribution >= 4 is 32.4 Å². The van der Waals surface area contributed by atoms with E-state index in [1.165, 1.54) is 5.56 Å². The van der Waals surface area contributed by atoms with E-state index in [0.717, 1.165) is 26.7 Å². The van der Waals surface area contributed by atoms with Crippen LogP contribution in [0.4, 0.5) is 5.69 Å². The normalized spacial score (nSPS) is 14.0. The van der Waals surface area contributed by atoms with Gasteiger partial charge in [-0.25, -0.2) is 0 Å². The van der Waals surface area contributed by atoms with Crippen LogP contribution >= 0.6 is 10.9 Å². The first-order valence-corrected chi connectivity index (χ1v) is 8.99. The molecule has 3 aromatic carbocycles. The van der Waals surface area contributed by atoms with Gasteiger partial charge in [-0.3, -0.25) is 9.69 Å². The summed E-state index contributed by atoms with van der Waals surface area (Å²) in [5, 5.41) is 0. The molecule has 3 aromatic rings. The first kappa shape index (κ1) is 15.6. The number of rotatable bonds is 3. The summed E-state index contributed by atoms with van der Waals surface area (Å²) in [5.74, 6) is 0.0268. The molecule has 0 aromatic heterocycles. The molecule has 0 saturated carbocycles. The fraction of sp³-hybridized carbons (Fsp3) is 0.0455. The molecule has 122 valence electrons. The van der Waals surface area contributed by atoms with Gasteiger partial charge >= 0.3 is 0 Å². The third-order valence-electron chi connectivity index (χ3n) is 4.15. The molecule has 1 aliphatic heterocycles. The van der Waals surface area contributed by atoms with E-state index in [-0.39, 0.29) is 5.91 Å². The maximum Gasteiger partial charge on any atom is 0.274 e. The number of carbonyl (C=O) groups excluding carboxylic acids is 1. The number of benzene rings is 3. The summed E-state index contributed by atoms with van der Waals surface area (Å²) < 4.78 is 0. The van der Waals surface area contributed by atoms with Crippen molar-refractivity contribution in [3.05, 3.63) is 102 Å². The van der Waals surface area contributed by atoms with E-state index < -0.39 is 0 Å². The van der Waals surface area contributed by atoms with Gasteiger partial charge in [0.2, 0.25) is 0 Å². The Balaban J connectivity index is 1.88. The van der Waals surface area contributed by atoms with E-state index in [0.29, 0.717) is 0 Å². The molecule has 4 rings (SSSR count). The van der Waals surface area contributed by atoms with Gasteiger partial charge in [-0.05, 0) is 24.6 Å². The Kier molecular flexibility index (Phi) is 4.08. The molecular formula is C22H17NOS. The molecule has 0 spiro atoms. The highest BCUT2D eigenvalue weighted by atomic mass is 32.1. The van der Waals surface area contributed by atoms with Gasteiger partial charge in [0.05, 0.1) is 5.69 Å². The van der Waals surface area contributed by atoms with Crippen LogP contribution in [0.1, 0.15) is 16.7 Å². The van der Waals surface area contributed by atoms with Crippen molar-refractivity contribution in [2.45, 2.75) is 6.92 Å². The van der Waals surface area contributed by atoms with Gasteiger partial charge in [-0.2, -0.15) is 0 Å². The second-order valence-corrected chi connectivity index (χ2v) is 6.94. The summed E-state index contributed by atoms with van der Waals surface area (Å²) in [6.45, 7) is 2.05. The lowest BCUT2D eigenvalue weighted by atomic mass is 10.1. The molecule has 0 fully saturated rings. The van der Waals surface area contributed by atoms with E-state index in [4.69, 9.17) is 0 Å². The lowest BCUT2D eigenvalue weighted by Crippen LogP contribution is -2.36. The molecule has 0 saturated heterocycles. The highest BCUT2D eigenvalue weighted by Gasteiger charge is 2.30. The lowest BCUT2D eigenvalue weighted by Gasteiger charge is -2.21. The first-order chi connectivity index (χ1) is 12.2. The van der Waals surface area contributed by atoms with Crippen LogP contribution in [0.15, 0.2) is 84.9 Å². The quantitative estimate of drug-likeness (QED) is 0.642. The maximum absolute atomic E-state index is 13.2. The molecule has 25 heavy (non-hydrogen) atoms. The topological polar surface area (TPSA) is 20.3 Å². The largest absolute Gasteiger partial charge is 0.274 e. The Morgan fingerprint density at radius 2 is 1.28 bits per heavy atom. The maximum atomic E-state index is 13.2. The molecule has 0 bridgehead atoms. The van der Waals surface area contributed by atoms with Gasteiger partial charge in [0.15, 0.2) is 0 Å². The second kappa shape index (κ2) is 6.54. The number of anilines is 1. The number of carbonyl (C=O) groups is 1. The number of hydrogen-bond donors (Lipinski definition) is 0. The van der Waals surface area contributed by atoms with E-state index in [1.54, 1.807) is 10.9 Å². The summed E-state index contributed by atoms with van der Waals surface area (Å²) in [7, 11) is 1.54. The van der Waals surface area contributed by atoms with Crippen molar-refractivity contribution in [1.82, 2.24) is 0 Å². The minimum absolute atomic E-state index is 0.0268. The van der Waals surface area contributed by atoms with Gasteiger partial charge in [-0.1, -0.05) is 78.4 Å². The zero-order chi connectivity index (χ0) is 17.2. The lowest BCUT2D eigenvalue weighted by molar-refractivity contribution is -0.111. The average molecular weight is 343 g/mol. The molecule has 1 amide bonds. The Bertz CT molecular complexity index is 985. The molecule has 3 heteroatoms. The number of amides is 1. The number of aryl methyl sites for hydroxylation is 1. The predicted molar refractivity (Wildman–Crippen MR) is 107 cm³/mol. The zero-order valence-electron chi connectivity index (χ0n) is 13.8. The molecule has 0 atom stereocenters. The first-order valence-electron chi connectivity index (χ1n) is 8.18. The Morgan fingerprint density at radius 3 is 1.88 bits per heavy atom. The van der Waals surface area contributed by atoms with Crippen LogP contribution in [-0.4, -0.2) is 15.8 Å². The molecule has 2 nitrogen and oxygen atoms in total. The van der Waals surface area contributed by atoms with Crippen LogP contribution < -0.4 is 4.90 Å². The van der Waals surface area contributed by atoms with Crippen molar-refractivity contribution in [3.63, 3.8) is 0 Å². The van der Waals surface area contributed by atoms with Crippen LogP contribution in [0.2, 0.25) is 0 Å². The molecule has 1 heterocycles. The minimum Gasteiger partial charge on any atom is -0.267 e. The number of hydrogen-bond acceptors (Lipinski definition) is 1. The Labute approximate surface area is 150 Å². The zero-order valence-corrected chi connectivity index (χ0v) is 14.7. The van der Waals surface area contributed by atoms with Gasteiger partial charge in [-0.15, -0.1) is 10.9 Å². The average Bonchev–Trinajstić information content (AvgIpc) is 3.01. The molecule has 1 aliphatic rings. The van der Waals surface area contributed by atoms with Crippen LogP contribution in [-0.2, 0) is 4.79 Å². The van der Waals surface area contributed by atoms with E-state index in [1.807, 2.05) is 96.8 Å². The van der Waals surface area contributed by atoms with E-state index in [9.17, 15) is 4.79 Å². The van der Waals surface area contributed by atoms with E-state index in [2.05, 4.69) is 0 Å². The Hall–Kier alpha value is -2.91. The highest BCUT2D eigenvalue weighted by Crippen LogP contribution is 2.25. The van der Waals surface area contributed by atoms with Crippen molar-refractivity contribution in [1.29, 1.82) is 0 Å². The van der Waals surface area contributed by atoms with Gasteiger partial charge in [0, 0.05) is 5.56 Å². The van der Waals surface area contributed by atoms with Crippen LogP contribution in [0.5, 0.6) is 0 Å². The number of nitrogens with zero attached hydrogens (tertiary/aromatic N) is 1. The molecule has 0 N–H and O–H groups in total. The van der Waals surface area contributed by atoms with Crippen molar-refractivity contribution in [2.24, 2.45) is 0 Å². The van der Waals surface area contributed by atoms with Crippen molar-refractivity contribution in [2.75, 3.05) is 4.90 Å². The fourth-order valence-electron chi connectivity index (χ4n) is 2.85. The van der Waals surface area contributed by atoms with Crippen molar-refractivity contribution < 1.29 is 4.79 Å². The SMILES string of the molecule is Cc1ccc(N2C(=O)C(c3ccccc3)=S=C2c2ccccc2)cc1. The van der Waals surface area contributed by atoms with Crippen molar-refractivity contribution in [3.8, 4) is 0 Å². The van der Waals surface area contributed by atoms with Gasteiger partial charge < -0.3 is 0 Å². The summed E-state index contributed by atoms with van der Waals surface area (Å²) in [6.07, 6.45) is 0. The molecule has 0 unspecified atom stereocenters. The standard InChI is InChI=1S/C22H17NOS/c1-16-12-14-19(15-13-16)23-21(24)20(17-8-4-2-5-9-17)25-22(23)18-10-6-3-7-11-18/h2-15H,1H3. The third-order valence-corrected chi connectivity index (χ3v) is 5.37.